The fourth-order valence-corrected chi connectivity index (χ4v) is 2.63. The highest BCUT2D eigenvalue weighted by Crippen LogP contribution is 2.25. The van der Waals surface area contributed by atoms with Crippen molar-refractivity contribution in [2.75, 3.05) is 0 Å². The Kier molecular flexibility index (Phi) is 4.16. The number of halogens is 1. The van der Waals surface area contributed by atoms with Crippen LogP contribution >= 0.6 is 0 Å². The molecule has 0 heterocycles. The van der Waals surface area contributed by atoms with E-state index in [1.54, 1.807) is 0 Å². The fraction of sp³-hybridized carbons (Fsp3) is 0.600. The Hall–Kier alpha value is -0.890. The van der Waals surface area contributed by atoms with Crippen LogP contribution in [0.1, 0.15) is 51.1 Å². The van der Waals surface area contributed by atoms with Crippen molar-refractivity contribution in [3.63, 3.8) is 0 Å². The van der Waals surface area contributed by atoms with E-state index in [1.807, 2.05) is 12.1 Å². The van der Waals surface area contributed by atoms with E-state index < -0.39 is 0 Å². The maximum atomic E-state index is 12.8. The molecule has 17 heavy (non-hydrogen) atoms. The first kappa shape index (κ1) is 12.6. The molecule has 1 atom stereocenters. The number of nitrogens with one attached hydrogen (secondary N) is 1. The smallest absolute Gasteiger partial charge is 0.123 e. The second kappa shape index (κ2) is 5.63. The molecule has 0 aromatic heterocycles. The second-order valence-corrected chi connectivity index (χ2v) is 5.40. The summed E-state index contributed by atoms with van der Waals surface area (Å²) < 4.78 is 12.8. The quantitative estimate of drug-likeness (QED) is 0.833. The van der Waals surface area contributed by atoms with E-state index in [2.05, 4.69) is 19.2 Å². The van der Waals surface area contributed by atoms with Crippen LogP contribution in [0.15, 0.2) is 24.3 Å². The van der Waals surface area contributed by atoms with E-state index in [0.29, 0.717) is 12.1 Å². The van der Waals surface area contributed by atoms with Crippen molar-refractivity contribution in [2.45, 2.75) is 51.6 Å². The standard InChI is InChI=1S/C15H22FN/c1-11-3-9-15(10-4-11)17-12(2)13-5-7-14(16)8-6-13/h5-8,11-12,15,17H,3-4,9-10H2,1-2H3/t11?,12-,15?/m1/s1. The molecule has 1 aliphatic carbocycles. The molecular formula is C15H22FN. The Morgan fingerprint density at radius 3 is 2.29 bits per heavy atom. The summed E-state index contributed by atoms with van der Waals surface area (Å²) in [4.78, 5) is 0. The molecule has 0 radical (unpaired) electrons. The van der Waals surface area contributed by atoms with Crippen LogP contribution in [0.4, 0.5) is 4.39 Å². The van der Waals surface area contributed by atoms with Gasteiger partial charge in [0.15, 0.2) is 0 Å². The van der Waals surface area contributed by atoms with E-state index >= 15 is 0 Å². The first-order chi connectivity index (χ1) is 8.15. The lowest BCUT2D eigenvalue weighted by atomic mass is 9.87. The van der Waals surface area contributed by atoms with Gasteiger partial charge in [0.25, 0.3) is 0 Å². The van der Waals surface area contributed by atoms with Gasteiger partial charge in [-0.15, -0.1) is 0 Å². The largest absolute Gasteiger partial charge is 0.307 e. The van der Waals surface area contributed by atoms with Crippen molar-refractivity contribution in [1.82, 2.24) is 5.32 Å². The third-order valence-corrected chi connectivity index (χ3v) is 3.87. The van der Waals surface area contributed by atoms with Gasteiger partial charge < -0.3 is 5.32 Å². The first-order valence-corrected chi connectivity index (χ1v) is 6.66. The Labute approximate surface area is 103 Å². The molecule has 1 saturated carbocycles. The van der Waals surface area contributed by atoms with Crippen molar-refractivity contribution < 1.29 is 4.39 Å². The molecule has 1 aromatic carbocycles. The van der Waals surface area contributed by atoms with Crippen LogP contribution in [0.25, 0.3) is 0 Å². The zero-order valence-corrected chi connectivity index (χ0v) is 10.7. The molecule has 0 aliphatic heterocycles. The Morgan fingerprint density at radius 2 is 1.71 bits per heavy atom. The van der Waals surface area contributed by atoms with Crippen molar-refractivity contribution in [3.8, 4) is 0 Å². The second-order valence-electron chi connectivity index (χ2n) is 5.40. The van der Waals surface area contributed by atoms with Crippen LogP contribution in [-0.4, -0.2) is 6.04 Å². The highest BCUT2D eigenvalue weighted by atomic mass is 19.1. The van der Waals surface area contributed by atoms with E-state index in [-0.39, 0.29) is 5.82 Å². The number of rotatable bonds is 3. The van der Waals surface area contributed by atoms with Gasteiger partial charge in [-0.3, -0.25) is 0 Å². The van der Waals surface area contributed by atoms with Crippen LogP contribution in [0.5, 0.6) is 0 Å². The molecular weight excluding hydrogens is 213 g/mol. The molecule has 2 rings (SSSR count). The normalized spacial score (nSPS) is 26.8. The van der Waals surface area contributed by atoms with Gasteiger partial charge in [-0.25, -0.2) is 4.39 Å². The predicted octanol–water partition coefficient (Wildman–Crippen LogP) is 4.06. The lowest BCUT2D eigenvalue weighted by molar-refractivity contribution is 0.291. The van der Waals surface area contributed by atoms with Crippen molar-refractivity contribution in [1.29, 1.82) is 0 Å². The lowest BCUT2D eigenvalue weighted by Crippen LogP contribution is -2.34. The Morgan fingerprint density at radius 1 is 1.12 bits per heavy atom. The van der Waals surface area contributed by atoms with Crippen LogP contribution in [0, 0.1) is 11.7 Å². The topological polar surface area (TPSA) is 12.0 Å². The van der Waals surface area contributed by atoms with Crippen molar-refractivity contribution >= 4 is 0 Å². The summed E-state index contributed by atoms with van der Waals surface area (Å²) in [7, 11) is 0. The van der Waals surface area contributed by atoms with Gasteiger partial charge >= 0.3 is 0 Å². The molecule has 1 aliphatic rings. The summed E-state index contributed by atoms with van der Waals surface area (Å²) in [6.07, 6.45) is 5.20. The van der Waals surface area contributed by atoms with Gasteiger partial charge in [-0.05, 0) is 56.2 Å². The Bertz CT molecular complexity index is 338. The number of hydrogen-bond donors (Lipinski definition) is 1. The molecule has 1 nitrogen and oxygen atoms in total. The molecule has 1 aromatic rings. The van der Waals surface area contributed by atoms with Crippen LogP contribution in [0.3, 0.4) is 0 Å². The predicted molar refractivity (Wildman–Crippen MR) is 69.4 cm³/mol. The number of hydrogen-bond acceptors (Lipinski definition) is 1. The summed E-state index contributed by atoms with van der Waals surface area (Å²) >= 11 is 0. The van der Waals surface area contributed by atoms with Crippen LogP contribution in [0.2, 0.25) is 0 Å². The van der Waals surface area contributed by atoms with Crippen molar-refractivity contribution in [3.05, 3.63) is 35.6 Å². The maximum Gasteiger partial charge on any atom is 0.123 e. The number of benzene rings is 1. The molecule has 0 bridgehead atoms. The molecule has 0 unspecified atom stereocenters. The van der Waals surface area contributed by atoms with E-state index in [0.717, 1.165) is 5.92 Å². The first-order valence-electron chi connectivity index (χ1n) is 6.66. The van der Waals surface area contributed by atoms with Gasteiger partial charge in [-0.1, -0.05) is 19.1 Å². The van der Waals surface area contributed by atoms with E-state index in [9.17, 15) is 4.39 Å². The summed E-state index contributed by atoms with van der Waals surface area (Å²) in [5, 5.41) is 3.65. The summed E-state index contributed by atoms with van der Waals surface area (Å²) in [6, 6.07) is 7.77. The lowest BCUT2D eigenvalue weighted by Gasteiger charge is -2.29. The highest BCUT2D eigenvalue weighted by molar-refractivity contribution is 5.19. The SMILES string of the molecule is CC1CCC(N[C@H](C)c2ccc(F)cc2)CC1. The molecule has 2 heteroatoms. The summed E-state index contributed by atoms with van der Waals surface area (Å²) in [5.74, 6) is 0.724. The van der Waals surface area contributed by atoms with Gasteiger partial charge in [0.2, 0.25) is 0 Å². The zero-order chi connectivity index (χ0) is 12.3. The van der Waals surface area contributed by atoms with Gasteiger partial charge in [0.1, 0.15) is 5.82 Å². The van der Waals surface area contributed by atoms with E-state index in [1.165, 1.54) is 43.4 Å². The molecule has 94 valence electrons. The average Bonchev–Trinajstić information content (AvgIpc) is 2.33. The third-order valence-electron chi connectivity index (χ3n) is 3.87. The van der Waals surface area contributed by atoms with Gasteiger partial charge in [-0.2, -0.15) is 0 Å². The van der Waals surface area contributed by atoms with Crippen LogP contribution < -0.4 is 5.32 Å². The van der Waals surface area contributed by atoms with Gasteiger partial charge in [0.05, 0.1) is 0 Å². The zero-order valence-electron chi connectivity index (χ0n) is 10.7. The third kappa shape index (κ3) is 3.53. The average molecular weight is 235 g/mol. The Balaban J connectivity index is 1.88. The summed E-state index contributed by atoms with van der Waals surface area (Å²) in [5.41, 5.74) is 1.17. The van der Waals surface area contributed by atoms with Crippen LogP contribution in [-0.2, 0) is 0 Å². The monoisotopic (exact) mass is 235 g/mol. The molecule has 1 fully saturated rings. The van der Waals surface area contributed by atoms with Gasteiger partial charge in [0, 0.05) is 12.1 Å². The maximum absolute atomic E-state index is 12.8. The minimum atomic E-state index is -0.160. The molecule has 1 N–H and O–H groups in total. The minimum Gasteiger partial charge on any atom is -0.307 e. The molecule has 0 amide bonds. The minimum absolute atomic E-state index is 0.160. The fourth-order valence-electron chi connectivity index (χ4n) is 2.63. The highest BCUT2D eigenvalue weighted by Gasteiger charge is 2.19. The molecule has 0 saturated heterocycles. The van der Waals surface area contributed by atoms with E-state index in [4.69, 9.17) is 0 Å². The van der Waals surface area contributed by atoms with Crippen molar-refractivity contribution in [2.24, 2.45) is 5.92 Å². The summed E-state index contributed by atoms with van der Waals surface area (Å²) in [6.45, 7) is 4.49. The molecule has 0 spiro atoms.